The lowest BCUT2D eigenvalue weighted by atomic mass is 10.2. The maximum absolute atomic E-state index is 4.40. The maximum Gasteiger partial charge on any atom is 0.0562 e. The van der Waals surface area contributed by atoms with E-state index in [4.69, 9.17) is 0 Å². The first-order valence-corrected chi connectivity index (χ1v) is 6.74. The summed E-state index contributed by atoms with van der Waals surface area (Å²) >= 11 is 0. The Hall–Kier alpha value is -1.09. The number of aromatic nitrogens is 1. The maximum atomic E-state index is 4.40. The molecule has 0 atom stereocenters. The van der Waals surface area contributed by atoms with E-state index in [2.05, 4.69) is 41.2 Å². The molecular weight excluding hydrogens is 210 g/mol. The van der Waals surface area contributed by atoms with Crippen molar-refractivity contribution in [2.45, 2.75) is 33.2 Å². The smallest absolute Gasteiger partial charge is 0.0562 e. The van der Waals surface area contributed by atoms with Gasteiger partial charge in [0.1, 0.15) is 0 Å². The standard InChI is InChI=1S/C14H23N3/c1-3-15-10-13-9-14(7-8-16-13)17(4-2)11-12-5-6-12/h7-9,12,15H,3-6,10-11H2,1-2H3. The molecule has 1 aliphatic carbocycles. The van der Waals surface area contributed by atoms with E-state index in [1.165, 1.54) is 25.1 Å². The van der Waals surface area contributed by atoms with Crippen LogP contribution in [0.4, 0.5) is 5.69 Å². The van der Waals surface area contributed by atoms with Gasteiger partial charge in [0.25, 0.3) is 0 Å². The van der Waals surface area contributed by atoms with E-state index in [-0.39, 0.29) is 0 Å². The highest BCUT2D eigenvalue weighted by Gasteiger charge is 2.23. The van der Waals surface area contributed by atoms with E-state index >= 15 is 0 Å². The van der Waals surface area contributed by atoms with Crippen molar-refractivity contribution in [1.82, 2.24) is 10.3 Å². The number of pyridine rings is 1. The molecule has 2 rings (SSSR count). The third-order valence-electron chi connectivity index (χ3n) is 3.28. The van der Waals surface area contributed by atoms with Gasteiger partial charge in [-0.3, -0.25) is 4.98 Å². The molecule has 0 amide bonds. The van der Waals surface area contributed by atoms with E-state index in [1.807, 2.05) is 6.20 Å². The second-order valence-electron chi connectivity index (χ2n) is 4.77. The van der Waals surface area contributed by atoms with Gasteiger partial charge in [-0.25, -0.2) is 0 Å². The molecule has 1 aromatic heterocycles. The summed E-state index contributed by atoms with van der Waals surface area (Å²) in [5, 5.41) is 3.32. The molecule has 1 aromatic rings. The van der Waals surface area contributed by atoms with Crippen molar-refractivity contribution in [3.8, 4) is 0 Å². The van der Waals surface area contributed by atoms with Crippen molar-refractivity contribution < 1.29 is 0 Å². The summed E-state index contributed by atoms with van der Waals surface area (Å²) in [6.45, 7) is 8.50. The van der Waals surface area contributed by atoms with Gasteiger partial charge in [-0.1, -0.05) is 6.92 Å². The fourth-order valence-electron chi connectivity index (χ4n) is 2.04. The summed E-state index contributed by atoms with van der Waals surface area (Å²) in [5.74, 6) is 0.931. The van der Waals surface area contributed by atoms with Gasteiger partial charge in [0, 0.05) is 31.5 Å². The molecule has 0 bridgehead atoms. The summed E-state index contributed by atoms with van der Waals surface area (Å²) in [4.78, 5) is 6.87. The van der Waals surface area contributed by atoms with E-state index in [1.54, 1.807) is 0 Å². The van der Waals surface area contributed by atoms with Gasteiger partial charge < -0.3 is 10.2 Å². The van der Waals surface area contributed by atoms with E-state index in [0.717, 1.165) is 31.2 Å². The topological polar surface area (TPSA) is 28.2 Å². The lowest BCUT2D eigenvalue weighted by molar-refractivity contribution is 0.706. The zero-order valence-corrected chi connectivity index (χ0v) is 10.9. The quantitative estimate of drug-likeness (QED) is 0.784. The minimum Gasteiger partial charge on any atom is -0.371 e. The van der Waals surface area contributed by atoms with Crippen LogP contribution in [0, 0.1) is 5.92 Å². The predicted molar refractivity (Wildman–Crippen MR) is 72.2 cm³/mol. The minimum absolute atomic E-state index is 0.866. The van der Waals surface area contributed by atoms with Crippen LogP contribution in [0.3, 0.4) is 0 Å². The monoisotopic (exact) mass is 233 g/mol. The van der Waals surface area contributed by atoms with Crippen molar-refractivity contribution in [2.24, 2.45) is 5.92 Å². The SMILES string of the molecule is CCNCc1cc(N(CC)CC2CC2)ccn1. The third kappa shape index (κ3) is 3.70. The summed E-state index contributed by atoms with van der Waals surface area (Å²) in [6.07, 6.45) is 4.75. The highest BCUT2D eigenvalue weighted by Crippen LogP contribution is 2.31. The zero-order chi connectivity index (χ0) is 12.1. The number of nitrogens with one attached hydrogen (secondary N) is 1. The number of rotatable bonds is 7. The van der Waals surface area contributed by atoms with Gasteiger partial charge in [0.15, 0.2) is 0 Å². The van der Waals surface area contributed by atoms with Crippen LogP contribution in [0.25, 0.3) is 0 Å². The van der Waals surface area contributed by atoms with Crippen LogP contribution < -0.4 is 10.2 Å². The fourth-order valence-corrected chi connectivity index (χ4v) is 2.04. The number of anilines is 1. The Morgan fingerprint density at radius 2 is 2.24 bits per heavy atom. The molecule has 0 aliphatic heterocycles. The molecule has 1 saturated carbocycles. The van der Waals surface area contributed by atoms with Crippen molar-refractivity contribution in [3.05, 3.63) is 24.0 Å². The molecular formula is C14H23N3. The van der Waals surface area contributed by atoms with E-state index in [9.17, 15) is 0 Å². The molecule has 0 aromatic carbocycles. The predicted octanol–water partition coefficient (Wildman–Crippen LogP) is 2.43. The van der Waals surface area contributed by atoms with Gasteiger partial charge in [-0.05, 0) is 44.4 Å². The molecule has 3 heteroatoms. The van der Waals surface area contributed by atoms with Crippen LogP contribution in [0.5, 0.6) is 0 Å². The Kier molecular flexibility index (Phi) is 4.37. The lowest BCUT2D eigenvalue weighted by Gasteiger charge is -2.23. The van der Waals surface area contributed by atoms with Crippen molar-refractivity contribution in [1.29, 1.82) is 0 Å². The molecule has 0 radical (unpaired) electrons. The molecule has 1 heterocycles. The van der Waals surface area contributed by atoms with E-state index in [0.29, 0.717) is 0 Å². The second-order valence-corrected chi connectivity index (χ2v) is 4.77. The van der Waals surface area contributed by atoms with Gasteiger partial charge in [-0.2, -0.15) is 0 Å². The Balaban J connectivity index is 2.01. The van der Waals surface area contributed by atoms with Gasteiger partial charge in [0.05, 0.1) is 5.69 Å². The molecule has 17 heavy (non-hydrogen) atoms. The fraction of sp³-hybridized carbons (Fsp3) is 0.643. The van der Waals surface area contributed by atoms with Crippen LogP contribution in [-0.4, -0.2) is 24.6 Å². The van der Waals surface area contributed by atoms with Gasteiger partial charge in [0.2, 0.25) is 0 Å². The zero-order valence-electron chi connectivity index (χ0n) is 10.9. The van der Waals surface area contributed by atoms with Crippen LogP contribution in [0.15, 0.2) is 18.3 Å². The first-order valence-electron chi connectivity index (χ1n) is 6.74. The van der Waals surface area contributed by atoms with Crippen LogP contribution in [0.1, 0.15) is 32.4 Å². The Bertz CT molecular complexity index is 347. The molecule has 1 N–H and O–H groups in total. The lowest BCUT2D eigenvalue weighted by Crippen LogP contribution is -2.25. The minimum atomic E-state index is 0.866. The highest BCUT2D eigenvalue weighted by molar-refractivity contribution is 5.46. The van der Waals surface area contributed by atoms with E-state index < -0.39 is 0 Å². The largest absolute Gasteiger partial charge is 0.371 e. The van der Waals surface area contributed by atoms with Gasteiger partial charge in [-0.15, -0.1) is 0 Å². The Morgan fingerprint density at radius 3 is 2.88 bits per heavy atom. The first kappa shape index (κ1) is 12.4. The summed E-state index contributed by atoms with van der Waals surface area (Å²) < 4.78 is 0. The molecule has 1 fully saturated rings. The molecule has 1 aliphatic rings. The van der Waals surface area contributed by atoms with Crippen LogP contribution in [-0.2, 0) is 6.54 Å². The molecule has 0 saturated heterocycles. The third-order valence-corrected chi connectivity index (χ3v) is 3.28. The van der Waals surface area contributed by atoms with Crippen molar-refractivity contribution in [3.63, 3.8) is 0 Å². The van der Waals surface area contributed by atoms with Crippen molar-refractivity contribution in [2.75, 3.05) is 24.5 Å². The average Bonchev–Trinajstić information content (AvgIpc) is 3.18. The summed E-state index contributed by atoms with van der Waals surface area (Å²) in [7, 11) is 0. The summed E-state index contributed by atoms with van der Waals surface area (Å²) in [6, 6.07) is 4.34. The normalized spacial score (nSPS) is 14.9. The van der Waals surface area contributed by atoms with Crippen molar-refractivity contribution >= 4 is 5.69 Å². The first-order chi connectivity index (χ1) is 8.33. The molecule has 0 unspecified atom stereocenters. The Morgan fingerprint density at radius 1 is 1.41 bits per heavy atom. The molecule has 0 spiro atoms. The highest BCUT2D eigenvalue weighted by atomic mass is 15.1. The number of nitrogens with zero attached hydrogens (tertiary/aromatic N) is 2. The van der Waals surface area contributed by atoms with Gasteiger partial charge >= 0.3 is 0 Å². The van der Waals surface area contributed by atoms with Crippen LogP contribution >= 0.6 is 0 Å². The molecule has 3 nitrogen and oxygen atoms in total. The number of hydrogen-bond donors (Lipinski definition) is 1. The average molecular weight is 233 g/mol. The van der Waals surface area contributed by atoms with Crippen LogP contribution in [0.2, 0.25) is 0 Å². The number of hydrogen-bond acceptors (Lipinski definition) is 3. The molecule has 94 valence electrons. The Labute approximate surface area is 104 Å². The second kappa shape index (κ2) is 6.01. The summed E-state index contributed by atoms with van der Waals surface area (Å²) in [5.41, 5.74) is 2.46.